The van der Waals surface area contributed by atoms with Crippen molar-refractivity contribution in [3.05, 3.63) is 53.3 Å². The summed E-state index contributed by atoms with van der Waals surface area (Å²) in [5.74, 6) is -0.118. The lowest BCUT2D eigenvalue weighted by atomic mass is 10.2. The van der Waals surface area contributed by atoms with Gasteiger partial charge in [-0.1, -0.05) is 30.7 Å². The van der Waals surface area contributed by atoms with Crippen LogP contribution in [0.25, 0.3) is 0 Å². The summed E-state index contributed by atoms with van der Waals surface area (Å²) in [4.78, 5) is 32.4. The molecule has 0 saturated carbocycles. The first-order chi connectivity index (χ1) is 12.6. The van der Waals surface area contributed by atoms with Crippen LogP contribution in [0, 0.1) is 0 Å². The third-order valence-electron chi connectivity index (χ3n) is 4.43. The minimum absolute atomic E-state index is 0.175. The Morgan fingerprint density at radius 3 is 2.54 bits per heavy atom. The number of pyridine rings is 1. The van der Waals surface area contributed by atoms with Gasteiger partial charge < -0.3 is 15.1 Å². The Morgan fingerprint density at radius 2 is 1.85 bits per heavy atom. The Balaban J connectivity index is 1.74. The predicted molar refractivity (Wildman–Crippen MR) is 103 cm³/mol. The lowest BCUT2D eigenvalue weighted by molar-refractivity contribution is -0.131. The van der Waals surface area contributed by atoms with Gasteiger partial charge in [-0.05, 0) is 24.3 Å². The van der Waals surface area contributed by atoms with Gasteiger partial charge >= 0.3 is 0 Å². The zero-order valence-corrected chi connectivity index (χ0v) is 15.4. The summed E-state index contributed by atoms with van der Waals surface area (Å²) in [6, 6.07) is 11.0. The highest BCUT2D eigenvalue weighted by Crippen LogP contribution is 2.27. The van der Waals surface area contributed by atoms with Crippen LogP contribution in [0.5, 0.6) is 0 Å². The lowest BCUT2D eigenvalue weighted by Gasteiger charge is -2.36. The third-order valence-corrected chi connectivity index (χ3v) is 4.73. The number of nitrogens with zero attached hydrogens (tertiary/aromatic N) is 3. The van der Waals surface area contributed by atoms with Crippen LogP contribution in [0.15, 0.2) is 42.6 Å². The minimum Gasteiger partial charge on any atom is -0.366 e. The lowest BCUT2D eigenvalue weighted by Crippen LogP contribution is -2.48. The van der Waals surface area contributed by atoms with E-state index in [2.05, 4.69) is 15.2 Å². The van der Waals surface area contributed by atoms with Crippen molar-refractivity contribution in [2.45, 2.75) is 13.3 Å². The fourth-order valence-electron chi connectivity index (χ4n) is 3.02. The number of benzene rings is 1. The van der Waals surface area contributed by atoms with Crippen LogP contribution >= 0.6 is 11.6 Å². The van der Waals surface area contributed by atoms with E-state index in [1.54, 1.807) is 18.3 Å². The number of carbonyl (C=O) groups is 2. The number of para-hydroxylation sites is 2. The number of aromatic nitrogens is 1. The second-order valence-electron chi connectivity index (χ2n) is 6.03. The highest BCUT2D eigenvalue weighted by atomic mass is 35.5. The molecule has 7 heteroatoms. The fraction of sp³-hybridized carbons (Fsp3) is 0.316. The Labute approximate surface area is 157 Å². The molecule has 136 valence electrons. The van der Waals surface area contributed by atoms with Crippen molar-refractivity contribution >= 4 is 34.8 Å². The van der Waals surface area contributed by atoms with Gasteiger partial charge in [-0.3, -0.25) is 9.59 Å². The summed E-state index contributed by atoms with van der Waals surface area (Å²) in [5.41, 5.74) is 1.99. The van der Waals surface area contributed by atoms with E-state index in [1.807, 2.05) is 36.1 Å². The number of hydrogen-bond acceptors (Lipinski definition) is 4. The maximum absolute atomic E-state index is 12.5. The fourth-order valence-corrected chi connectivity index (χ4v) is 3.23. The number of anilines is 2. The normalized spacial score (nSPS) is 14.2. The molecule has 0 bridgehead atoms. The van der Waals surface area contributed by atoms with Gasteiger partial charge in [0.2, 0.25) is 5.91 Å². The Kier molecular flexibility index (Phi) is 5.73. The molecule has 1 aliphatic rings. The summed E-state index contributed by atoms with van der Waals surface area (Å²) in [5, 5.41) is 3.10. The smallest absolute Gasteiger partial charge is 0.258 e. The quantitative estimate of drug-likeness (QED) is 0.838. The summed E-state index contributed by atoms with van der Waals surface area (Å²) in [6.07, 6.45) is 2.07. The first kappa shape index (κ1) is 18.2. The van der Waals surface area contributed by atoms with E-state index in [9.17, 15) is 9.59 Å². The van der Waals surface area contributed by atoms with E-state index in [0.29, 0.717) is 30.8 Å². The number of nitrogens with one attached hydrogen (secondary N) is 1. The van der Waals surface area contributed by atoms with Crippen molar-refractivity contribution in [2.24, 2.45) is 0 Å². The zero-order valence-electron chi connectivity index (χ0n) is 14.6. The molecule has 2 aromatic rings. The summed E-state index contributed by atoms with van der Waals surface area (Å²) < 4.78 is 0. The molecular formula is C19H21ClN4O2. The van der Waals surface area contributed by atoms with Gasteiger partial charge in [0.1, 0.15) is 5.15 Å². The molecule has 1 N–H and O–H groups in total. The SMILES string of the molecule is CCC(=O)N1CCN(c2ccccc2NC(=O)c2cccnc2Cl)CC1. The van der Waals surface area contributed by atoms with Gasteiger partial charge in [0.05, 0.1) is 16.9 Å². The predicted octanol–water partition coefficient (Wildman–Crippen LogP) is 3.05. The number of carbonyl (C=O) groups excluding carboxylic acids is 2. The minimum atomic E-state index is -0.296. The van der Waals surface area contributed by atoms with Crippen molar-refractivity contribution in [1.82, 2.24) is 9.88 Å². The maximum atomic E-state index is 12.5. The average molecular weight is 373 g/mol. The molecule has 1 saturated heterocycles. The van der Waals surface area contributed by atoms with Crippen LogP contribution in [0.4, 0.5) is 11.4 Å². The molecule has 0 radical (unpaired) electrons. The second-order valence-corrected chi connectivity index (χ2v) is 6.39. The number of rotatable bonds is 4. The highest BCUT2D eigenvalue weighted by Gasteiger charge is 2.22. The van der Waals surface area contributed by atoms with E-state index < -0.39 is 0 Å². The molecule has 6 nitrogen and oxygen atoms in total. The molecule has 1 aromatic heterocycles. The van der Waals surface area contributed by atoms with Crippen molar-refractivity contribution in [3.8, 4) is 0 Å². The molecule has 2 heterocycles. The van der Waals surface area contributed by atoms with Crippen LogP contribution in [0.3, 0.4) is 0 Å². The van der Waals surface area contributed by atoms with Crippen LogP contribution in [0.1, 0.15) is 23.7 Å². The number of hydrogen-bond donors (Lipinski definition) is 1. The van der Waals surface area contributed by atoms with Gasteiger partial charge in [0.15, 0.2) is 0 Å². The molecular weight excluding hydrogens is 352 g/mol. The molecule has 26 heavy (non-hydrogen) atoms. The first-order valence-electron chi connectivity index (χ1n) is 8.63. The van der Waals surface area contributed by atoms with Crippen molar-refractivity contribution in [3.63, 3.8) is 0 Å². The van der Waals surface area contributed by atoms with Gasteiger partial charge in [0.25, 0.3) is 5.91 Å². The standard InChI is InChI=1S/C19H21ClN4O2/c1-2-17(25)24-12-10-23(11-13-24)16-8-4-3-7-15(16)22-19(26)14-6-5-9-21-18(14)20/h3-9H,2,10-13H2,1H3,(H,22,26). The summed E-state index contributed by atoms with van der Waals surface area (Å²) in [6.45, 7) is 4.70. The Hall–Kier alpha value is -2.60. The van der Waals surface area contributed by atoms with E-state index in [1.165, 1.54) is 0 Å². The van der Waals surface area contributed by atoms with E-state index in [-0.39, 0.29) is 17.0 Å². The molecule has 1 aliphatic heterocycles. The Morgan fingerprint density at radius 1 is 1.12 bits per heavy atom. The number of piperazine rings is 1. The largest absolute Gasteiger partial charge is 0.366 e. The molecule has 3 rings (SSSR count). The summed E-state index contributed by atoms with van der Waals surface area (Å²) in [7, 11) is 0. The highest BCUT2D eigenvalue weighted by molar-refractivity contribution is 6.33. The molecule has 0 aliphatic carbocycles. The van der Waals surface area contributed by atoms with Crippen LogP contribution in [-0.2, 0) is 4.79 Å². The van der Waals surface area contributed by atoms with E-state index in [4.69, 9.17) is 11.6 Å². The monoisotopic (exact) mass is 372 g/mol. The maximum Gasteiger partial charge on any atom is 0.258 e. The van der Waals surface area contributed by atoms with Gasteiger partial charge in [-0.15, -0.1) is 0 Å². The van der Waals surface area contributed by atoms with Crippen molar-refractivity contribution in [1.29, 1.82) is 0 Å². The van der Waals surface area contributed by atoms with E-state index in [0.717, 1.165) is 18.8 Å². The topological polar surface area (TPSA) is 65.5 Å². The summed E-state index contributed by atoms with van der Waals surface area (Å²) >= 11 is 6.01. The van der Waals surface area contributed by atoms with Crippen LogP contribution < -0.4 is 10.2 Å². The average Bonchev–Trinajstić information content (AvgIpc) is 2.68. The zero-order chi connectivity index (χ0) is 18.5. The molecule has 2 amide bonds. The number of halogens is 1. The first-order valence-corrected chi connectivity index (χ1v) is 9.01. The molecule has 1 fully saturated rings. The van der Waals surface area contributed by atoms with Gasteiger partial charge in [-0.25, -0.2) is 4.98 Å². The molecule has 1 aromatic carbocycles. The van der Waals surface area contributed by atoms with Gasteiger partial charge in [-0.2, -0.15) is 0 Å². The number of amides is 2. The van der Waals surface area contributed by atoms with E-state index >= 15 is 0 Å². The molecule has 0 unspecified atom stereocenters. The van der Waals surface area contributed by atoms with Crippen LogP contribution in [-0.4, -0.2) is 47.9 Å². The Bertz CT molecular complexity index is 804. The van der Waals surface area contributed by atoms with Crippen molar-refractivity contribution < 1.29 is 9.59 Å². The second kappa shape index (κ2) is 8.19. The van der Waals surface area contributed by atoms with Crippen LogP contribution in [0.2, 0.25) is 5.15 Å². The molecule has 0 spiro atoms. The third kappa shape index (κ3) is 3.96. The van der Waals surface area contributed by atoms with Crippen molar-refractivity contribution in [2.75, 3.05) is 36.4 Å². The molecule has 0 atom stereocenters. The van der Waals surface area contributed by atoms with Gasteiger partial charge in [0, 0.05) is 38.8 Å².